The average molecular weight is 241 g/mol. The predicted molar refractivity (Wildman–Crippen MR) is 61.8 cm³/mol. The molecular formula is C11H19N3O3. The van der Waals surface area contributed by atoms with Gasteiger partial charge in [-0.1, -0.05) is 6.92 Å². The lowest BCUT2D eigenvalue weighted by Gasteiger charge is -2.22. The first kappa shape index (κ1) is 13.5. The van der Waals surface area contributed by atoms with Crippen molar-refractivity contribution in [2.24, 2.45) is 5.73 Å². The summed E-state index contributed by atoms with van der Waals surface area (Å²) in [6, 6.07) is -0.509. The van der Waals surface area contributed by atoms with E-state index in [0.29, 0.717) is 19.4 Å². The predicted octanol–water partition coefficient (Wildman–Crippen LogP) is -0.621. The summed E-state index contributed by atoms with van der Waals surface area (Å²) < 4.78 is 0. The molecule has 1 atom stereocenters. The fourth-order valence-electron chi connectivity index (χ4n) is 1.95. The maximum atomic E-state index is 11.8. The summed E-state index contributed by atoms with van der Waals surface area (Å²) in [4.78, 5) is 35.5. The normalized spacial score (nSPS) is 19.1. The number of primary amides is 1. The van der Waals surface area contributed by atoms with Gasteiger partial charge in [0.1, 0.15) is 6.04 Å². The van der Waals surface area contributed by atoms with E-state index in [1.165, 1.54) is 4.90 Å². The van der Waals surface area contributed by atoms with Crippen LogP contribution in [0.4, 0.5) is 0 Å². The quantitative estimate of drug-likeness (QED) is 0.671. The molecule has 0 bridgehead atoms. The average Bonchev–Trinajstić information content (AvgIpc) is 2.75. The zero-order chi connectivity index (χ0) is 12.8. The summed E-state index contributed by atoms with van der Waals surface area (Å²) in [5.41, 5.74) is 5.21. The number of likely N-dealkylation sites (tertiary alicyclic amines) is 1. The van der Waals surface area contributed by atoms with Crippen LogP contribution in [0.3, 0.4) is 0 Å². The topological polar surface area (TPSA) is 92.5 Å². The largest absolute Gasteiger partial charge is 0.368 e. The molecule has 3 amide bonds. The van der Waals surface area contributed by atoms with Gasteiger partial charge in [0.2, 0.25) is 17.7 Å². The van der Waals surface area contributed by atoms with Crippen LogP contribution in [0.25, 0.3) is 0 Å². The van der Waals surface area contributed by atoms with Crippen molar-refractivity contribution in [1.82, 2.24) is 10.2 Å². The van der Waals surface area contributed by atoms with Crippen LogP contribution in [0, 0.1) is 0 Å². The fourth-order valence-corrected chi connectivity index (χ4v) is 1.95. The summed E-state index contributed by atoms with van der Waals surface area (Å²) in [6.45, 7) is 2.38. The Morgan fingerprint density at radius 3 is 2.71 bits per heavy atom. The van der Waals surface area contributed by atoms with Gasteiger partial charge in [-0.3, -0.25) is 14.4 Å². The summed E-state index contributed by atoms with van der Waals surface area (Å²) >= 11 is 0. The maximum absolute atomic E-state index is 11.8. The minimum absolute atomic E-state index is 0.0530. The number of rotatable bonds is 5. The summed E-state index contributed by atoms with van der Waals surface area (Å²) in [5, 5.41) is 2.54. The molecule has 1 aliphatic rings. The monoisotopic (exact) mass is 241 g/mol. The van der Waals surface area contributed by atoms with Gasteiger partial charge >= 0.3 is 0 Å². The third-order valence-corrected chi connectivity index (χ3v) is 2.82. The standard InChI is InChI=1S/C11H19N3O3/c1-2-4-9(15)13-7-10(16)14-6-3-5-8(14)11(12)17/h8H,2-7H2,1H3,(H2,12,17)(H,13,15). The Kier molecular flexibility index (Phi) is 4.93. The molecule has 0 spiro atoms. The van der Waals surface area contributed by atoms with E-state index in [9.17, 15) is 14.4 Å². The van der Waals surface area contributed by atoms with Crippen LogP contribution < -0.4 is 11.1 Å². The van der Waals surface area contributed by atoms with Gasteiger partial charge < -0.3 is 16.0 Å². The van der Waals surface area contributed by atoms with Crippen LogP contribution in [0.5, 0.6) is 0 Å². The van der Waals surface area contributed by atoms with Crippen molar-refractivity contribution in [1.29, 1.82) is 0 Å². The van der Waals surface area contributed by atoms with Crippen molar-refractivity contribution < 1.29 is 14.4 Å². The van der Waals surface area contributed by atoms with Crippen molar-refractivity contribution >= 4 is 17.7 Å². The lowest BCUT2D eigenvalue weighted by Crippen LogP contribution is -2.47. The molecular weight excluding hydrogens is 222 g/mol. The molecule has 1 aliphatic heterocycles. The molecule has 1 rings (SSSR count). The number of nitrogens with zero attached hydrogens (tertiary/aromatic N) is 1. The number of nitrogens with one attached hydrogen (secondary N) is 1. The number of hydrogen-bond donors (Lipinski definition) is 2. The summed E-state index contributed by atoms with van der Waals surface area (Å²) in [5.74, 6) is -0.859. The van der Waals surface area contributed by atoms with Crippen LogP contribution >= 0.6 is 0 Å². The highest BCUT2D eigenvalue weighted by atomic mass is 16.2. The highest BCUT2D eigenvalue weighted by molar-refractivity contribution is 5.89. The van der Waals surface area contributed by atoms with Crippen LogP contribution in [0.15, 0.2) is 0 Å². The Labute approximate surface area is 101 Å². The van der Waals surface area contributed by atoms with Gasteiger partial charge in [0, 0.05) is 13.0 Å². The minimum Gasteiger partial charge on any atom is -0.368 e. The Morgan fingerprint density at radius 2 is 2.12 bits per heavy atom. The zero-order valence-corrected chi connectivity index (χ0v) is 10.1. The van der Waals surface area contributed by atoms with E-state index in [4.69, 9.17) is 5.73 Å². The van der Waals surface area contributed by atoms with Crippen LogP contribution in [0.2, 0.25) is 0 Å². The third-order valence-electron chi connectivity index (χ3n) is 2.82. The van der Waals surface area contributed by atoms with Crippen molar-refractivity contribution in [2.45, 2.75) is 38.6 Å². The number of carbonyl (C=O) groups excluding carboxylic acids is 3. The van der Waals surface area contributed by atoms with Crippen LogP contribution in [-0.4, -0.2) is 41.8 Å². The van der Waals surface area contributed by atoms with Gasteiger partial charge in [0.15, 0.2) is 0 Å². The van der Waals surface area contributed by atoms with E-state index in [0.717, 1.165) is 12.8 Å². The first-order chi connectivity index (χ1) is 8.06. The lowest BCUT2D eigenvalue weighted by molar-refractivity contribution is -0.137. The molecule has 96 valence electrons. The van der Waals surface area contributed by atoms with E-state index in [1.54, 1.807) is 0 Å². The van der Waals surface area contributed by atoms with E-state index in [-0.39, 0.29) is 18.4 Å². The Morgan fingerprint density at radius 1 is 1.41 bits per heavy atom. The van der Waals surface area contributed by atoms with Crippen molar-refractivity contribution in [3.63, 3.8) is 0 Å². The summed E-state index contributed by atoms with van der Waals surface area (Å²) in [7, 11) is 0. The molecule has 1 heterocycles. The van der Waals surface area contributed by atoms with Gasteiger partial charge in [0.05, 0.1) is 6.54 Å². The molecule has 0 aromatic carbocycles. The molecule has 1 unspecified atom stereocenters. The molecule has 0 radical (unpaired) electrons. The van der Waals surface area contributed by atoms with Crippen LogP contribution in [-0.2, 0) is 14.4 Å². The molecule has 0 aromatic heterocycles. The van der Waals surface area contributed by atoms with Gasteiger partial charge in [0.25, 0.3) is 0 Å². The maximum Gasteiger partial charge on any atom is 0.242 e. The van der Waals surface area contributed by atoms with Crippen molar-refractivity contribution in [3.8, 4) is 0 Å². The molecule has 0 aromatic rings. The zero-order valence-electron chi connectivity index (χ0n) is 10.1. The molecule has 0 saturated carbocycles. The van der Waals surface area contributed by atoms with Gasteiger partial charge in [-0.05, 0) is 19.3 Å². The second-order valence-corrected chi connectivity index (χ2v) is 4.17. The second-order valence-electron chi connectivity index (χ2n) is 4.17. The molecule has 0 aliphatic carbocycles. The molecule has 6 nitrogen and oxygen atoms in total. The third kappa shape index (κ3) is 3.72. The highest BCUT2D eigenvalue weighted by Crippen LogP contribution is 2.16. The SMILES string of the molecule is CCCC(=O)NCC(=O)N1CCCC1C(N)=O. The fraction of sp³-hybridized carbons (Fsp3) is 0.727. The van der Waals surface area contributed by atoms with Crippen LogP contribution in [0.1, 0.15) is 32.6 Å². The molecule has 1 fully saturated rings. The number of carbonyl (C=O) groups is 3. The van der Waals surface area contributed by atoms with E-state index < -0.39 is 11.9 Å². The highest BCUT2D eigenvalue weighted by Gasteiger charge is 2.32. The molecule has 3 N–H and O–H groups in total. The van der Waals surface area contributed by atoms with E-state index >= 15 is 0 Å². The molecule has 1 saturated heterocycles. The molecule has 17 heavy (non-hydrogen) atoms. The number of amides is 3. The smallest absolute Gasteiger partial charge is 0.242 e. The summed E-state index contributed by atoms with van der Waals surface area (Å²) in [6.07, 6.45) is 2.55. The second kappa shape index (κ2) is 6.22. The van der Waals surface area contributed by atoms with Crippen molar-refractivity contribution in [3.05, 3.63) is 0 Å². The Hall–Kier alpha value is -1.59. The van der Waals surface area contributed by atoms with E-state index in [2.05, 4.69) is 5.32 Å². The Bertz CT molecular complexity index is 317. The number of nitrogens with two attached hydrogens (primary N) is 1. The minimum atomic E-state index is -0.509. The van der Waals surface area contributed by atoms with Gasteiger partial charge in [-0.15, -0.1) is 0 Å². The van der Waals surface area contributed by atoms with Crippen molar-refractivity contribution in [2.75, 3.05) is 13.1 Å². The first-order valence-electron chi connectivity index (χ1n) is 5.91. The lowest BCUT2D eigenvalue weighted by atomic mass is 10.2. The molecule has 6 heteroatoms. The number of hydrogen-bond acceptors (Lipinski definition) is 3. The first-order valence-corrected chi connectivity index (χ1v) is 5.91. The van der Waals surface area contributed by atoms with Gasteiger partial charge in [-0.2, -0.15) is 0 Å². The van der Waals surface area contributed by atoms with E-state index in [1.807, 2.05) is 6.92 Å². The van der Waals surface area contributed by atoms with Gasteiger partial charge in [-0.25, -0.2) is 0 Å². The Balaban J connectivity index is 2.42.